The number of carbonyl (C=O) groups excluding carboxylic acids is 3. The molecule has 3 aliphatic rings. The van der Waals surface area contributed by atoms with Gasteiger partial charge < -0.3 is 14.2 Å². The van der Waals surface area contributed by atoms with E-state index in [1.807, 2.05) is 13.0 Å². The van der Waals surface area contributed by atoms with E-state index in [0.717, 1.165) is 5.57 Å². The van der Waals surface area contributed by atoms with Gasteiger partial charge in [-0.05, 0) is 32.9 Å². The maximum Gasteiger partial charge on any atom is 0.334 e. The minimum absolute atomic E-state index is 0.155. The molecule has 6 heteroatoms. The van der Waals surface area contributed by atoms with Gasteiger partial charge in [0, 0.05) is 29.6 Å². The Balaban J connectivity index is 2.00. The van der Waals surface area contributed by atoms with Crippen LogP contribution in [0.1, 0.15) is 33.6 Å². The zero-order valence-corrected chi connectivity index (χ0v) is 15.1. The second-order valence-electron chi connectivity index (χ2n) is 6.89. The number of allylic oxidation sites excluding steroid dienone is 1. The van der Waals surface area contributed by atoms with E-state index in [9.17, 15) is 14.4 Å². The van der Waals surface area contributed by atoms with Crippen molar-refractivity contribution in [2.75, 3.05) is 0 Å². The summed E-state index contributed by atoms with van der Waals surface area (Å²) in [4.78, 5) is 36.6. The van der Waals surface area contributed by atoms with Gasteiger partial charge in [0.15, 0.2) is 0 Å². The zero-order valence-electron chi connectivity index (χ0n) is 15.1. The van der Waals surface area contributed by atoms with Crippen LogP contribution in [0.5, 0.6) is 0 Å². The number of esters is 3. The molecule has 138 valence electrons. The lowest BCUT2D eigenvalue weighted by molar-refractivity contribution is -0.148. The van der Waals surface area contributed by atoms with E-state index >= 15 is 0 Å². The summed E-state index contributed by atoms with van der Waals surface area (Å²) in [6.45, 7) is 9.10. The Morgan fingerprint density at radius 3 is 2.65 bits per heavy atom. The molecular formula is C20H22O6. The molecule has 6 nitrogen and oxygen atoms in total. The van der Waals surface area contributed by atoms with Gasteiger partial charge >= 0.3 is 17.9 Å². The molecular weight excluding hydrogens is 336 g/mol. The van der Waals surface area contributed by atoms with E-state index in [1.54, 1.807) is 26.0 Å². The summed E-state index contributed by atoms with van der Waals surface area (Å²) < 4.78 is 16.5. The third-order valence-corrected chi connectivity index (χ3v) is 4.98. The molecule has 0 unspecified atom stereocenters. The molecule has 0 saturated carbocycles. The van der Waals surface area contributed by atoms with Crippen molar-refractivity contribution in [3.63, 3.8) is 0 Å². The Hall–Kier alpha value is -2.63. The average Bonchev–Trinajstić information content (AvgIpc) is 3.04. The fourth-order valence-electron chi connectivity index (χ4n) is 3.44. The van der Waals surface area contributed by atoms with Crippen LogP contribution in [0.2, 0.25) is 0 Å². The third kappa shape index (κ3) is 3.36. The fraction of sp³-hybridized carbons (Fsp3) is 0.450. The standard InChI is InChI=1S/C20H22O6/c1-5-11(3)18(21)25-16-9-13-8-14(24-20(13)23)6-10(2)7-15-17(16)12(4)19(22)26-15/h5,7-8,14-17H,4,6,9H2,1-3H3/b10-7-,11-5-/t14-,15+,16+,17+/m0/s1. The number of carbonyl (C=O) groups is 3. The van der Waals surface area contributed by atoms with Crippen LogP contribution in [-0.2, 0) is 28.6 Å². The van der Waals surface area contributed by atoms with Crippen molar-refractivity contribution in [3.05, 3.63) is 47.1 Å². The zero-order chi connectivity index (χ0) is 19.0. The van der Waals surface area contributed by atoms with Gasteiger partial charge in [0.1, 0.15) is 18.3 Å². The van der Waals surface area contributed by atoms with Crippen LogP contribution in [-0.4, -0.2) is 36.2 Å². The number of hydrogen-bond acceptors (Lipinski definition) is 6. The summed E-state index contributed by atoms with van der Waals surface area (Å²) in [6, 6.07) is 0. The fourth-order valence-corrected chi connectivity index (χ4v) is 3.44. The lowest BCUT2D eigenvalue weighted by Gasteiger charge is -2.26. The molecule has 2 bridgehead atoms. The molecule has 3 rings (SSSR count). The molecule has 0 spiro atoms. The minimum Gasteiger partial charge on any atom is -0.458 e. The van der Waals surface area contributed by atoms with Crippen LogP contribution in [0.15, 0.2) is 47.1 Å². The molecule has 0 aromatic heterocycles. The molecule has 0 aromatic carbocycles. The molecule has 1 saturated heterocycles. The van der Waals surface area contributed by atoms with Gasteiger partial charge in [-0.2, -0.15) is 0 Å². The van der Waals surface area contributed by atoms with Crippen LogP contribution in [0.25, 0.3) is 0 Å². The molecule has 0 radical (unpaired) electrons. The first-order valence-electron chi connectivity index (χ1n) is 8.62. The van der Waals surface area contributed by atoms with Gasteiger partial charge in [-0.15, -0.1) is 0 Å². The summed E-state index contributed by atoms with van der Waals surface area (Å²) >= 11 is 0. The van der Waals surface area contributed by atoms with Gasteiger partial charge in [-0.1, -0.05) is 18.2 Å². The molecule has 0 aromatic rings. The normalized spacial score (nSPS) is 33.5. The van der Waals surface area contributed by atoms with Crippen LogP contribution in [0, 0.1) is 5.92 Å². The molecule has 1 fully saturated rings. The summed E-state index contributed by atoms with van der Waals surface area (Å²) in [6.07, 6.45) is 4.26. The van der Waals surface area contributed by atoms with Crippen molar-refractivity contribution in [1.29, 1.82) is 0 Å². The molecule has 1 aliphatic carbocycles. The topological polar surface area (TPSA) is 78.9 Å². The number of hydrogen-bond donors (Lipinski definition) is 0. The first-order valence-corrected chi connectivity index (χ1v) is 8.62. The maximum atomic E-state index is 12.3. The lowest BCUT2D eigenvalue weighted by Crippen LogP contribution is -2.34. The largest absolute Gasteiger partial charge is 0.458 e. The monoisotopic (exact) mass is 358 g/mol. The second-order valence-corrected chi connectivity index (χ2v) is 6.89. The van der Waals surface area contributed by atoms with Gasteiger partial charge in [0.25, 0.3) is 0 Å². The van der Waals surface area contributed by atoms with E-state index in [4.69, 9.17) is 14.2 Å². The van der Waals surface area contributed by atoms with Crippen molar-refractivity contribution < 1.29 is 28.6 Å². The Morgan fingerprint density at radius 2 is 1.96 bits per heavy atom. The van der Waals surface area contributed by atoms with E-state index in [1.165, 1.54) is 0 Å². The molecule has 26 heavy (non-hydrogen) atoms. The Morgan fingerprint density at radius 1 is 1.23 bits per heavy atom. The Bertz CT molecular complexity index is 769. The number of rotatable bonds is 2. The van der Waals surface area contributed by atoms with Crippen molar-refractivity contribution >= 4 is 17.9 Å². The smallest absolute Gasteiger partial charge is 0.334 e. The summed E-state index contributed by atoms with van der Waals surface area (Å²) in [5.74, 6) is -1.96. The van der Waals surface area contributed by atoms with Crippen molar-refractivity contribution in [2.45, 2.75) is 51.9 Å². The van der Waals surface area contributed by atoms with E-state index in [2.05, 4.69) is 6.58 Å². The molecule has 4 atom stereocenters. The van der Waals surface area contributed by atoms with E-state index in [-0.39, 0.29) is 18.1 Å². The van der Waals surface area contributed by atoms with Crippen LogP contribution < -0.4 is 0 Å². The van der Waals surface area contributed by atoms with Crippen molar-refractivity contribution in [1.82, 2.24) is 0 Å². The van der Waals surface area contributed by atoms with Crippen LogP contribution >= 0.6 is 0 Å². The van der Waals surface area contributed by atoms with E-state index in [0.29, 0.717) is 17.6 Å². The second kappa shape index (κ2) is 6.94. The number of fused-ring (bicyclic) bond motifs is 2. The maximum absolute atomic E-state index is 12.3. The average molecular weight is 358 g/mol. The van der Waals surface area contributed by atoms with Crippen LogP contribution in [0.3, 0.4) is 0 Å². The number of ether oxygens (including phenoxy) is 3. The summed E-state index contributed by atoms with van der Waals surface area (Å²) in [5, 5.41) is 0. The third-order valence-electron chi connectivity index (χ3n) is 4.98. The highest BCUT2D eigenvalue weighted by Gasteiger charge is 2.46. The SMILES string of the molecule is C=C1C(=O)O[C@@H]2/C=C(/C)C[C@H]3C=C(C[C@@H](OC(=O)/C(C)=C\C)[C@H]12)C(=O)O3. The first kappa shape index (κ1) is 18.2. The molecule has 2 aliphatic heterocycles. The van der Waals surface area contributed by atoms with Crippen molar-refractivity contribution in [3.8, 4) is 0 Å². The Labute approximate surface area is 152 Å². The summed E-state index contributed by atoms with van der Waals surface area (Å²) in [7, 11) is 0. The van der Waals surface area contributed by atoms with Gasteiger partial charge in [0.2, 0.25) is 0 Å². The van der Waals surface area contributed by atoms with Gasteiger partial charge in [0.05, 0.1) is 5.92 Å². The molecule has 2 heterocycles. The minimum atomic E-state index is -0.749. The van der Waals surface area contributed by atoms with Gasteiger partial charge in [-0.25, -0.2) is 14.4 Å². The van der Waals surface area contributed by atoms with Crippen molar-refractivity contribution in [2.24, 2.45) is 5.92 Å². The van der Waals surface area contributed by atoms with Gasteiger partial charge in [-0.3, -0.25) is 0 Å². The molecule has 0 amide bonds. The quantitative estimate of drug-likeness (QED) is 0.327. The van der Waals surface area contributed by atoms with E-state index < -0.39 is 36.0 Å². The van der Waals surface area contributed by atoms with Crippen LogP contribution in [0.4, 0.5) is 0 Å². The highest BCUT2D eigenvalue weighted by atomic mass is 16.6. The first-order chi connectivity index (χ1) is 12.3. The molecule has 0 N–H and O–H groups in total. The predicted molar refractivity (Wildman–Crippen MR) is 92.8 cm³/mol. The highest BCUT2D eigenvalue weighted by molar-refractivity contribution is 5.93. The Kier molecular flexibility index (Phi) is 4.85. The lowest BCUT2D eigenvalue weighted by atomic mass is 9.85. The predicted octanol–water partition coefficient (Wildman–Crippen LogP) is 2.55. The summed E-state index contributed by atoms with van der Waals surface area (Å²) in [5.41, 5.74) is 2.07. The highest BCUT2D eigenvalue weighted by Crippen LogP contribution is 2.38.